The zero-order chi connectivity index (χ0) is 10.2. The smallest absolute Gasteiger partial charge is 0.0629 e. The molecule has 1 aliphatic heterocycles. The van der Waals surface area contributed by atoms with Crippen LogP contribution in [0.3, 0.4) is 0 Å². The van der Waals surface area contributed by atoms with E-state index < -0.39 is 0 Å². The maximum atomic E-state index is 6.04. The lowest BCUT2D eigenvalue weighted by Gasteiger charge is -2.44. The molecule has 1 heterocycles. The van der Waals surface area contributed by atoms with E-state index in [1.165, 1.54) is 0 Å². The molecular weight excluding hydrogens is 160 g/mol. The van der Waals surface area contributed by atoms with Gasteiger partial charge in [0.2, 0.25) is 0 Å². The van der Waals surface area contributed by atoms with Crippen LogP contribution in [0.5, 0.6) is 0 Å². The van der Waals surface area contributed by atoms with Gasteiger partial charge < -0.3 is 4.74 Å². The summed E-state index contributed by atoms with van der Waals surface area (Å²) in [4.78, 5) is 0. The lowest BCUT2D eigenvalue weighted by molar-refractivity contribution is -0.141. The molecule has 0 aromatic rings. The lowest BCUT2D eigenvalue weighted by Crippen LogP contribution is -2.45. The Morgan fingerprint density at radius 3 is 1.85 bits per heavy atom. The molecule has 1 saturated heterocycles. The van der Waals surface area contributed by atoms with E-state index in [0.717, 1.165) is 5.92 Å². The zero-order valence-electron chi connectivity index (χ0n) is 9.87. The van der Waals surface area contributed by atoms with Crippen molar-refractivity contribution in [1.29, 1.82) is 0 Å². The molecule has 78 valence electrons. The van der Waals surface area contributed by atoms with Crippen LogP contribution < -0.4 is 0 Å². The molecule has 0 N–H and O–H groups in total. The SMILES string of the molecule is CC(C)[C@H]1O[C@H](C)[C@@H](C)[C@H](C)[C@@H]1C. The molecule has 1 heteroatoms. The Labute approximate surface area is 82.9 Å². The van der Waals surface area contributed by atoms with Gasteiger partial charge in [-0.25, -0.2) is 0 Å². The van der Waals surface area contributed by atoms with Gasteiger partial charge in [0.25, 0.3) is 0 Å². The Hall–Kier alpha value is -0.0400. The van der Waals surface area contributed by atoms with E-state index in [1.807, 2.05) is 0 Å². The van der Waals surface area contributed by atoms with Gasteiger partial charge in [-0.15, -0.1) is 0 Å². The highest BCUT2D eigenvalue weighted by atomic mass is 16.5. The molecule has 0 radical (unpaired) electrons. The van der Waals surface area contributed by atoms with Crippen LogP contribution in [0, 0.1) is 23.7 Å². The van der Waals surface area contributed by atoms with Gasteiger partial charge in [-0.3, -0.25) is 0 Å². The van der Waals surface area contributed by atoms with Crippen LogP contribution in [0.15, 0.2) is 0 Å². The van der Waals surface area contributed by atoms with Crippen molar-refractivity contribution in [1.82, 2.24) is 0 Å². The van der Waals surface area contributed by atoms with E-state index in [4.69, 9.17) is 4.74 Å². The molecule has 0 spiro atoms. The minimum absolute atomic E-state index is 0.429. The predicted octanol–water partition coefficient (Wildman–Crippen LogP) is 3.34. The Morgan fingerprint density at radius 2 is 1.38 bits per heavy atom. The van der Waals surface area contributed by atoms with E-state index in [0.29, 0.717) is 30.0 Å². The Bertz CT molecular complexity index is 165. The van der Waals surface area contributed by atoms with Crippen molar-refractivity contribution >= 4 is 0 Å². The van der Waals surface area contributed by atoms with Crippen LogP contribution in [0.25, 0.3) is 0 Å². The first-order chi connectivity index (χ1) is 5.95. The average molecular weight is 184 g/mol. The van der Waals surface area contributed by atoms with Crippen molar-refractivity contribution in [2.75, 3.05) is 0 Å². The van der Waals surface area contributed by atoms with Crippen molar-refractivity contribution < 1.29 is 4.74 Å². The molecule has 0 unspecified atom stereocenters. The van der Waals surface area contributed by atoms with Crippen molar-refractivity contribution in [2.45, 2.75) is 53.8 Å². The normalized spacial score (nSPS) is 46.8. The standard InChI is InChI=1S/C12H24O/c1-7(2)12-10(5)8(3)9(4)11(6)13-12/h7-12H,1-6H3/t8-,9-,10-,11+,12+/m0/s1. The quantitative estimate of drug-likeness (QED) is 0.607. The van der Waals surface area contributed by atoms with E-state index in [-0.39, 0.29) is 0 Å². The second kappa shape index (κ2) is 4.00. The van der Waals surface area contributed by atoms with Crippen LogP contribution >= 0.6 is 0 Å². The van der Waals surface area contributed by atoms with Gasteiger partial charge in [0, 0.05) is 0 Å². The molecule has 13 heavy (non-hydrogen) atoms. The van der Waals surface area contributed by atoms with Gasteiger partial charge in [-0.1, -0.05) is 34.6 Å². The summed E-state index contributed by atoms with van der Waals surface area (Å²) in [5.74, 6) is 2.83. The Kier molecular flexibility index (Phi) is 3.39. The van der Waals surface area contributed by atoms with Crippen molar-refractivity contribution in [3.8, 4) is 0 Å². The highest BCUT2D eigenvalue weighted by Crippen LogP contribution is 2.37. The van der Waals surface area contributed by atoms with Crippen LogP contribution in [0.4, 0.5) is 0 Å². The number of ether oxygens (including phenoxy) is 1. The largest absolute Gasteiger partial charge is 0.374 e. The fourth-order valence-corrected chi connectivity index (χ4v) is 2.47. The molecule has 1 aliphatic rings. The van der Waals surface area contributed by atoms with Crippen LogP contribution in [0.2, 0.25) is 0 Å². The Balaban J connectivity index is 2.70. The zero-order valence-corrected chi connectivity index (χ0v) is 9.87. The monoisotopic (exact) mass is 184 g/mol. The summed E-state index contributed by atoms with van der Waals surface area (Å²) in [5, 5.41) is 0. The summed E-state index contributed by atoms with van der Waals surface area (Å²) < 4.78 is 6.04. The van der Waals surface area contributed by atoms with Gasteiger partial charge in [0.1, 0.15) is 0 Å². The van der Waals surface area contributed by atoms with Crippen LogP contribution in [0.1, 0.15) is 41.5 Å². The number of hydrogen-bond donors (Lipinski definition) is 0. The predicted molar refractivity (Wildman–Crippen MR) is 56.7 cm³/mol. The van der Waals surface area contributed by atoms with Gasteiger partial charge in [-0.2, -0.15) is 0 Å². The second-order valence-electron chi connectivity index (χ2n) is 5.13. The van der Waals surface area contributed by atoms with Gasteiger partial charge in [-0.05, 0) is 30.6 Å². The molecule has 0 saturated carbocycles. The Morgan fingerprint density at radius 1 is 0.846 bits per heavy atom. The number of hydrogen-bond acceptors (Lipinski definition) is 1. The van der Waals surface area contributed by atoms with Crippen LogP contribution in [-0.4, -0.2) is 12.2 Å². The van der Waals surface area contributed by atoms with Crippen molar-refractivity contribution in [3.63, 3.8) is 0 Å². The van der Waals surface area contributed by atoms with Crippen molar-refractivity contribution in [3.05, 3.63) is 0 Å². The van der Waals surface area contributed by atoms with Gasteiger partial charge in [0.15, 0.2) is 0 Å². The molecule has 1 nitrogen and oxygen atoms in total. The number of rotatable bonds is 1. The molecule has 0 amide bonds. The fourth-order valence-electron chi connectivity index (χ4n) is 2.47. The van der Waals surface area contributed by atoms with E-state index in [9.17, 15) is 0 Å². The summed E-state index contributed by atoms with van der Waals surface area (Å²) in [6, 6.07) is 0. The summed E-state index contributed by atoms with van der Waals surface area (Å²) in [6.45, 7) is 13.7. The topological polar surface area (TPSA) is 9.23 Å². The summed E-state index contributed by atoms with van der Waals surface area (Å²) in [6.07, 6.45) is 0.889. The fraction of sp³-hybridized carbons (Fsp3) is 1.00. The minimum atomic E-state index is 0.429. The molecule has 5 atom stereocenters. The molecule has 1 rings (SSSR count). The summed E-state index contributed by atoms with van der Waals surface area (Å²) in [5.41, 5.74) is 0. The molecule has 0 aromatic heterocycles. The first-order valence-electron chi connectivity index (χ1n) is 5.60. The summed E-state index contributed by atoms with van der Waals surface area (Å²) in [7, 11) is 0. The first-order valence-corrected chi connectivity index (χ1v) is 5.60. The third kappa shape index (κ3) is 2.07. The van der Waals surface area contributed by atoms with E-state index in [1.54, 1.807) is 0 Å². The highest BCUT2D eigenvalue weighted by Gasteiger charge is 2.37. The third-order valence-electron chi connectivity index (χ3n) is 3.95. The average Bonchev–Trinajstić information content (AvgIpc) is 2.07. The summed E-state index contributed by atoms with van der Waals surface area (Å²) >= 11 is 0. The maximum absolute atomic E-state index is 6.04. The van der Waals surface area contributed by atoms with Crippen molar-refractivity contribution in [2.24, 2.45) is 23.7 Å². The lowest BCUT2D eigenvalue weighted by atomic mass is 9.74. The molecule has 0 aromatic carbocycles. The van der Waals surface area contributed by atoms with E-state index in [2.05, 4.69) is 41.5 Å². The highest BCUT2D eigenvalue weighted by molar-refractivity contribution is 4.85. The van der Waals surface area contributed by atoms with Crippen LogP contribution in [-0.2, 0) is 4.74 Å². The molecule has 1 fully saturated rings. The van der Waals surface area contributed by atoms with E-state index >= 15 is 0 Å². The first kappa shape index (κ1) is 11.0. The van der Waals surface area contributed by atoms with Gasteiger partial charge >= 0.3 is 0 Å². The molecule has 0 aliphatic carbocycles. The third-order valence-corrected chi connectivity index (χ3v) is 3.95. The molecule has 0 bridgehead atoms. The maximum Gasteiger partial charge on any atom is 0.0629 e. The molecular formula is C12H24O. The van der Waals surface area contributed by atoms with Gasteiger partial charge in [0.05, 0.1) is 12.2 Å². The second-order valence-corrected chi connectivity index (χ2v) is 5.13. The minimum Gasteiger partial charge on any atom is -0.374 e.